The summed E-state index contributed by atoms with van der Waals surface area (Å²) in [5.41, 5.74) is 7.04. The molecule has 4 nitrogen and oxygen atoms in total. The van der Waals surface area contributed by atoms with Crippen LogP contribution in [0.15, 0.2) is 29.2 Å². The molecular formula is C14H24N2O2S. The molecule has 1 aromatic rings. The summed E-state index contributed by atoms with van der Waals surface area (Å²) in [6.07, 6.45) is 2.21. The van der Waals surface area contributed by atoms with Gasteiger partial charge in [-0.15, -0.1) is 0 Å². The number of rotatable bonds is 7. The highest BCUT2D eigenvalue weighted by Gasteiger charge is 2.07. The third-order valence-corrected chi connectivity index (χ3v) is 3.99. The van der Waals surface area contributed by atoms with Crippen LogP contribution in [0.3, 0.4) is 0 Å². The van der Waals surface area contributed by atoms with Gasteiger partial charge in [0.15, 0.2) is 9.84 Å². The lowest BCUT2D eigenvalue weighted by molar-refractivity contribution is 0.467. The van der Waals surface area contributed by atoms with Gasteiger partial charge >= 0.3 is 0 Å². The molecule has 19 heavy (non-hydrogen) atoms. The number of nitrogens with one attached hydrogen (secondary N) is 1. The Bertz CT molecular complexity index is 481. The molecule has 0 amide bonds. The standard InChI is InChI=1S/C14H24N2O2S/c1-11(2)8-13(15)10-16-9-12-4-6-14(7-5-12)19(3,17)18/h4-7,11,13,16H,8-10,15H2,1-3H3. The zero-order chi connectivity index (χ0) is 14.5. The summed E-state index contributed by atoms with van der Waals surface area (Å²) in [5.74, 6) is 0.603. The lowest BCUT2D eigenvalue weighted by atomic mass is 10.0. The Hall–Kier alpha value is -0.910. The quantitative estimate of drug-likeness (QED) is 0.797. The van der Waals surface area contributed by atoms with Gasteiger partial charge < -0.3 is 11.1 Å². The molecule has 0 saturated carbocycles. The molecule has 0 aliphatic heterocycles. The highest BCUT2D eigenvalue weighted by atomic mass is 32.2. The first kappa shape index (κ1) is 16.1. The van der Waals surface area contributed by atoms with Crippen molar-refractivity contribution in [3.8, 4) is 0 Å². The molecule has 1 aromatic carbocycles. The minimum atomic E-state index is -3.11. The van der Waals surface area contributed by atoms with Crippen LogP contribution < -0.4 is 11.1 Å². The number of benzene rings is 1. The van der Waals surface area contributed by atoms with E-state index in [1.165, 1.54) is 6.26 Å². The van der Waals surface area contributed by atoms with Crippen molar-refractivity contribution in [1.29, 1.82) is 0 Å². The Morgan fingerprint density at radius 1 is 1.21 bits per heavy atom. The molecule has 108 valence electrons. The zero-order valence-electron chi connectivity index (χ0n) is 11.9. The second-order valence-electron chi connectivity index (χ2n) is 5.44. The fourth-order valence-corrected chi connectivity index (χ4v) is 2.58. The van der Waals surface area contributed by atoms with Gasteiger partial charge in [-0.1, -0.05) is 26.0 Å². The fourth-order valence-electron chi connectivity index (χ4n) is 1.95. The van der Waals surface area contributed by atoms with Crippen LogP contribution in [0, 0.1) is 5.92 Å². The molecule has 5 heteroatoms. The predicted molar refractivity (Wildman–Crippen MR) is 78.7 cm³/mol. The molecule has 0 fully saturated rings. The molecule has 0 aliphatic rings. The normalized spacial score (nSPS) is 13.7. The van der Waals surface area contributed by atoms with Crippen LogP contribution in [-0.2, 0) is 16.4 Å². The number of nitrogens with two attached hydrogens (primary N) is 1. The summed E-state index contributed by atoms with van der Waals surface area (Å²) < 4.78 is 22.6. The minimum absolute atomic E-state index is 0.162. The van der Waals surface area contributed by atoms with Crippen molar-refractivity contribution in [2.24, 2.45) is 11.7 Å². The van der Waals surface area contributed by atoms with E-state index < -0.39 is 9.84 Å². The van der Waals surface area contributed by atoms with Crippen molar-refractivity contribution in [3.05, 3.63) is 29.8 Å². The van der Waals surface area contributed by atoms with Gasteiger partial charge in [-0.2, -0.15) is 0 Å². The Balaban J connectivity index is 2.43. The molecule has 0 heterocycles. The number of sulfone groups is 1. The monoisotopic (exact) mass is 284 g/mol. The maximum Gasteiger partial charge on any atom is 0.175 e. The first-order chi connectivity index (χ1) is 8.79. The highest BCUT2D eigenvalue weighted by Crippen LogP contribution is 2.10. The van der Waals surface area contributed by atoms with E-state index >= 15 is 0 Å². The van der Waals surface area contributed by atoms with E-state index in [4.69, 9.17) is 5.73 Å². The second-order valence-corrected chi connectivity index (χ2v) is 7.45. The zero-order valence-corrected chi connectivity index (χ0v) is 12.7. The van der Waals surface area contributed by atoms with Crippen molar-refractivity contribution in [2.45, 2.75) is 37.8 Å². The second kappa shape index (κ2) is 7.03. The van der Waals surface area contributed by atoms with Crippen LogP contribution in [0.1, 0.15) is 25.8 Å². The number of hydrogen-bond donors (Lipinski definition) is 2. The smallest absolute Gasteiger partial charge is 0.175 e. The molecule has 1 rings (SSSR count). The molecule has 1 unspecified atom stereocenters. The van der Waals surface area contributed by atoms with Gasteiger partial charge in [0.1, 0.15) is 0 Å². The maximum atomic E-state index is 11.3. The number of hydrogen-bond acceptors (Lipinski definition) is 4. The third-order valence-electron chi connectivity index (χ3n) is 2.86. The van der Waals surface area contributed by atoms with E-state index in [1.54, 1.807) is 12.1 Å². The lowest BCUT2D eigenvalue weighted by Crippen LogP contribution is -2.34. The Morgan fingerprint density at radius 3 is 2.26 bits per heavy atom. The molecule has 0 spiro atoms. The van der Waals surface area contributed by atoms with Gasteiger partial charge in [0, 0.05) is 25.4 Å². The maximum absolute atomic E-state index is 11.3. The largest absolute Gasteiger partial charge is 0.327 e. The lowest BCUT2D eigenvalue weighted by Gasteiger charge is -2.14. The van der Waals surface area contributed by atoms with Crippen molar-refractivity contribution < 1.29 is 8.42 Å². The Labute approximate surface area is 116 Å². The molecule has 0 radical (unpaired) electrons. The van der Waals surface area contributed by atoms with Gasteiger partial charge in [0.25, 0.3) is 0 Å². The summed E-state index contributed by atoms with van der Waals surface area (Å²) in [6.45, 7) is 5.79. The average molecular weight is 284 g/mol. The summed E-state index contributed by atoms with van der Waals surface area (Å²) >= 11 is 0. The van der Waals surface area contributed by atoms with Gasteiger partial charge in [-0.25, -0.2) is 8.42 Å². The Morgan fingerprint density at radius 2 is 1.79 bits per heavy atom. The first-order valence-electron chi connectivity index (χ1n) is 6.54. The summed E-state index contributed by atoms with van der Waals surface area (Å²) in [6, 6.07) is 7.10. The van der Waals surface area contributed by atoms with E-state index in [9.17, 15) is 8.42 Å². The highest BCUT2D eigenvalue weighted by molar-refractivity contribution is 7.90. The first-order valence-corrected chi connectivity index (χ1v) is 8.43. The van der Waals surface area contributed by atoms with Crippen LogP contribution in [0.5, 0.6) is 0 Å². The molecule has 0 saturated heterocycles. The topological polar surface area (TPSA) is 72.2 Å². The van der Waals surface area contributed by atoms with Crippen LogP contribution in [0.4, 0.5) is 0 Å². The SMILES string of the molecule is CC(C)CC(N)CNCc1ccc(S(C)(=O)=O)cc1. The predicted octanol–water partition coefficient (Wildman–Crippen LogP) is 1.55. The minimum Gasteiger partial charge on any atom is -0.327 e. The molecule has 0 bridgehead atoms. The molecule has 3 N–H and O–H groups in total. The molecule has 0 aliphatic carbocycles. The summed E-state index contributed by atoms with van der Waals surface area (Å²) in [5, 5.41) is 3.29. The third kappa shape index (κ3) is 6.18. The van der Waals surface area contributed by atoms with E-state index in [-0.39, 0.29) is 6.04 Å². The van der Waals surface area contributed by atoms with Gasteiger partial charge in [-0.3, -0.25) is 0 Å². The van der Waals surface area contributed by atoms with Crippen molar-refractivity contribution in [2.75, 3.05) is 12.8 Å². The van der Waals surface area contributed by atoms with Crippen molar-refractivity contribution >= 4 is 9.84 Å². The van der Waals surface area contributed by atoms with Gasteiger partial charge in [0.2, 0.25) is 0 Å². The molecular weight excluding hydrogens is 260 g/mol. The Kier molecular flexibility index (Phi) is 5.97. The van der Waals surface area contributed by atoms with E-state index in [0.29, 0.717) is 17.4 Å². The van der Waals surface area contributed by atoms with E-state index in [1.807, 2.05) is 12.1 Å². The molecule has 0 aromatic heterocycles. The van der Waals surface area contributed by atoms with Crippen LogP contribution >= 0.6 is 0 Å². The van der Waals surface area contributed by atoms with E-state index in [2.05, 4.69) is 19.2 Å². The average Bonchev–Trinajstić information content (AvgIpc) is 2.27. The molecule has 1 atom stereocenters. The van der Waals surface area contributed by atoms with Crippen molar-refractivity contribution in [3.63, 3.8) is 0 Å². The van der Waals surface area contributed by atoms with Gasteiger partial charge in [-0.05, 0) is 30.0 Å². The van der Waals surface area contributed by atoms with Crippen LogP contribution in [0.25, 0.3) is 0 Å². The van der Waals surface area contributed by atoms with E-state index in [0.717, 1.165) is 18.5 Å². The fraction of sp³-hybridized carbons (Fsp3) is 0.571. The summed E-state index contributed by atoms with van der Waals surface area (Å²) in [4.78, 5) is 0.354. The summed E-state index contributed by atoms with van der Waals surface area (Å²) in [7, 11) is -3.11. The van der Waals surface area contributed by atoms with Gasteiger partial charge in [0.05, 0.1) is 4.90 Å². The van der Waals surface area contributed by atoms with Crippen LogP contribution in [-0.4, -0.2) is 27.3 Å². The van der Waals surface area contributed by atoms with Crippen LogP contribution in [0.2, 0.25) is 0 Å². The van der Waals surface area contributed by atoms with Crippen molar-refractivity contribution in [1.82, 2.24) is 5.32 Å².